The number of rotatable bonds is 2. The Hall–Kier alpha value is -1.59. The molecule has 2 rings (SSSR count). The molecule has 0 heterocycles. The topological polar surface area (TPSA) is 66.8 Å². The number of benzene rings is 2. The number of hydrogen-bond donors (Lipinski definition) is 2. The molecule has 0 aliphatic carbocycles. The van der Waals surface area contributed by atoms with Crippen molar-refractivity contribution in [3.05, 3.63) is 36.4 Å². The molecule has 0 aliphatic heterocycles. The molecule has 2 N–H and O–H groups in total. The van der Waals surface area contributed by atoms with Crippen molar-refractivity contribution < 1.29 is 18.1 Å². The summed E-state index contributed by atoms with van der Waals surface area (Å²) in [6, 6.07) is 9.75. The summed E-state index contributed by atoms with van der Waals surface area (Å²) >= 11 is -2.31. The largest absolute Gasteiger partial charge is 0.508 e. The van der Waals surface area contributed by atoms with Crippen LogP contribution in [0.3, 0.4) is 0 Å². The lowest BCUT2D eigenvalue weighted by Crippen LogP contribution is -1.96. The molecule has 0 radical (unpaired) electrons. The lowest BCUT2D eigenvalue weighted by atomic mass is 10.1. The van der Waals surface area contributed by atoms with Crippen LogP contribution < -0.4 is 4.18 Å². The highest BCUT2D eigenvalue weighted by Gasteiger charge is 2.01. The summed E-state index contributed by atoms with van der Waals surface area (Å²) in [6.07, 6.45) is 0. The van der Waals surface area contributed by atoms with E-state index in [1.807, 2.05) is 0 Å². The maximum atomic E-state index is 10.4. The van der Waals surface area contributed by atoms with Crippen molar-refractivity contribution in [1.82, 2.24) is 0 Å². The molecule has 0 saturated carbocycles. The third-order valence-electron chi connectivity index (χ3n) is 1.96. The normalized spacial score (nSPS) is 12.6. The summed E-state index contributed by atoms with van der Waals surface area (Å²) in [4.78, 5) is 0. The van der Waals surface area contributed by atoms with E-state index < -0.39 is 11.4 Å². The molecule has 0 amide bonds. The van der Waals surface area contributed by atoms with E-state index in [0.29, 0.717) is 5.75 Å². The maximum Gasteiger partial charge on any atom is 0.357 e. The van der Waals surface area contributed by atoms with E-state index in [-0.39, 0.29) is 5.75 Å². The van der Waals surface area contributed by atoms with Gasteiger partial charge in [0.05, 0.1) is 0 Å². The van der Waals surface area contributed by atoms with E-state index in [0.717, 1.165) is 10.8 Å². The second-order valence-corrected chi connectivity index (χ2v) is 3.59. The molecule has 0 bridgehead atoms. The molecule has 1 atom stereocenters. The molecule has 2 aromatic rings. The van der Waals surface area contributed by atoms with Gasteiger partial charge >= 0.3 is 11.4 Å². The van der Waals surface area contributed by atoms with Gasteiger partial charge < -0.3 is 9.29 Å². The van der Waals surface area contributed by atoms with Gasteiger partial charge in [-0.25, -0.2) is 0 Å². The summed E-state index contributed by atoms with van der Waals surface area (Å²) in [6.45, 7) is 0. The van der Waals surface area contributed by atoms with Crippen molar-refractivity contribution in [2.75, 3.05) is 0 Å². The molecule has 15 heavy (non-hydrogen) atoms. The average Bonchev–Trinajstić information content (AvgIpc) is 2.17. The molecular formula is C10H8O4S. The molecule has 78 valence electrons. The number of hydrogen-bond acceptors (Lipinski definition) is 3. The number of phenolic OH excluding ortho intramolecular Hbond substituents is 1. The zero-order valence-corrected chi connectivity index (χ0v) is 8.40. The maximum absolute atomic E-state index is 10.4. The Bertz CT molecular complexity index is 524. The smallest absolute Gasteiger partial charge is 0.357 e. The molecular weight excluding hydrogens is 216 g/mol. The van der Waals surface area contributed by atoms with Gasteiger partial charge in [-0.1, -0.05) is 12.1 Å². The monoisotopic (exact) mass is 224 g/mol. The van der Waals surface area contributed by atoms with E-state index in [1.54, 1.807) is 36.4 Å². The van der Waals surface area contributed by atoms with Crippen molar-refractivity contribution in [2.45, 2.75) is 0 Å². The van der Waals surface area contributed by atoms with Gasteiger partial charge in [-0.3, -0.25) is 4.55 Å². The Morgan fingerprint density at radius 1 is 1.07 bits per heavy atom. The number of fused-ring (bicyclic) bond motifs is 1. The molecule has 4 nitrogen and oxygen atoms in total. The SMILES string of the molecule is O=S(O)Oc1ccc2cc(O)ccc2c1. The molecule has 0 saturated heterocycles. The number of phenols is 1. The van der Waals surface area contributed by atoms with E-state index in [9.17, 15) is 9.32 Å². The predicted octanol–water partition coefficient (Wildman–Crippen LogP) is 2.06. The van der Waals surface area contributed by atoms with Crippen LogP contribution >= 0.6 is 0 Å². The van der Waals surface area contributed by atoms with E-state index in [2.05, 4.69) is 4.18 Å². The average molecular weight is 224 g/mol. The van der Waals surface area contributed by atoms with Crippen molar-refractivity contribution >= 4 is 22.1 Å². The lowest BCUT2D eigenvalue weighted by Gasteiger charge is -2.02. The fourth-order valence-electron chi connectivity index (χ4n) is 1.35. The Labute approximate surface area is 88.6 Å². The highest BCUT2D eigenvalue weighted by molar-refractivity contribution is 7.74. The molecule has 0 aliphatic rings. The minimum absolute atomic E-state index is 0.182. The van der Waals surface area contributed by atoms with Crippen LogP contribution in [0.15, 0.2) is 36.4 Å². The first-order chi connectivity index (χ1) is 7.15. The second kappa shape index (κ2) is 3.88. The molecule has 0 aromatic heterocycles. The van der Waals surface area contributed by atoms with Crippen LogP contribution in [-0.2, 0) is 11.4 Å². The zero-order chi connectivity index (χ0) is 10.8. The van der Waals surface area contributed by atoms with Crippen LogP contribution in [0.25, 0.3) is 10.8 Å². The summed E-state index contributed by atoms with van der Waals surface area (Å²) in [7, 11) is 0. The highest BCUT2D eigenvalue weighted by Crippen LogP contribution is 2.24. The van der Waals surface area contributed by atoms with Gasteiger partial charge in [0.1, 0.15) is 11.5 Å². The first-order valence-corrected chi connectivity index (χ1v) is 5.20. The fourth-order valence-corrected chi connectivity index (χ4v) is 1.61. The summed E-state index contributed by atoms with van der Waals surface area (Å²) in [5.74, 6) is 0.496. The van der Waals surface area contributed by atoms with Crippen LogP contribution in [0, 0.1) is 0 Å². The van der Waals surface area contributed by atoms with E-state index >= 15 is 0 Å². The highest BCUT2D eigenvalue weighted by atomic mass is 32.2. The standard InChI is InChI=1S/C10H8O4S/c11-9-3-1-8-6-10(14-15(12)13)4-2-7(8)5-9/h1-6,11H,(H,12,13). The summed E-state index contributed by atoms with van der Waals surface area (Å²) in [5.41, 5.74) is 0. The Balaban J connectivity index is 2.47. The molecule has 2 aromatic carbocycles. The first kappa shape index (κ1) is 9.95. The quantitative estimate of drug-likeness (QED) is 0.766. The van der Waals surface area contributed by atoms with Crippen LogP contribution in [0.2, 0.25) is 0 Å². The van der Waals surface area contributed by atoms with Crippen LogP contribution in [0.5, 0.6) is 11.5 Å². The van der Waals surface area contributed by atoms with E-state index in [4.69, 9.17) is 4.55 Å². The Morgan fingerprint density at radius 2 is 1.73 bits per heavy atom. The van der Waals surface area contributed by atoms with Gasteiger partial charge in [0, 0.05) is 0 Å². The number of aromatic hydroxyl groups is 1. The van der Waals surface area contributed by atoms with Crippen LogP contribution in [0.1, 0.15) is 0 Å². The van der Waals surface area contributed by atoms with Gasteiger partial charge in [0.2, 0.25) is 0 Å². The Kier molecular flexibility index (Phi) is 2.57. The third kappa shape index (κ3) is 2.26. The van der Waals surface area contributed by atoms with E-state index in [1.165, 1.54) is 0 Å². The van der Waals surface area contributed by atoms with Crippen molar-refractivity contribution in [2.24, 2.45) is 0 Å². The fraction of sp³-hybridized carbons (Fsp3) is 0. The van der Waals surface area contributed by atoms with Crippen LogP contribution in [0.4, 0.5) is 0 Å². The van der Waals surface area contributed by atoms with Gasteiger partial charge in [0.15, 0.2) is 0 Å². The summed E-state index contributed by atoms with van der Waals surface area (Å²) in [5, 5.41) is 10.9. The first-order valence-electron chi connectivity index (χ1n) is 4.17. The second-order valence-electron chi connectivity index (χ2n) is 2.99. The predicted molar refractivity (Wildman–Crippen MR) is 57.0 cm³/mol. The van der Waals surface area contributed by atoms with Gasteiger partial charge in [0.25, 0.3) is 0 Å². The van der Waals surface area contributed by atoms with Crippen LogP contribution in [-0.4, -0.2) is 13.9 Å². The Morgan fingerprint density at radius 3 is 2.47 bits per heavy atom. The molecule has 0 fully saturated rings. The molecule has 5 heteroatoms. The zero-order valence-electron chi connectivity index (χ0n) is 7.58. The molecule has 0 spiro atoms. The minimum Gasteiger partial charge on any atom is -0.508 e. The van der Waals surface area contributed by atoms with Gasteiger partial charge in [-0.2, -0.15) is 4.21 Å². The van der Waals surface area contributed by atoms with Gasteiger partial charge in [-0.05, 0) is 35.0 Å². The van der Waals surface area contributed by atoms with Crippen molar-refractivity contribution in [1.29, 1.82) is 0 Å². The van der Waals surface area contributed by atoms with Crippen molar-refractivity contribution in [3.8, 4) is 11.5 Å². The molecule has 1 unspecified atom stereocenters. The van der Waals surface area contributed by atoms with Gasteiger partial charge in [-0.15, -0.1) is 0 Å². The third-order valence-corrected chi connectivity index (χ3v) is 2.30. The minimum atomic E-state index is -2.31. The lowest BCUT2D eigenvalue weighted by molar-refractivity contribution is 0.458. The summed E-state index contributed by atoms with van der Waals surface area (Å²) < 4.78 is 23.6. The van der Waals surface area contributed by atoms with Crippen molar-refractivity contribution in [3.63, 3.8) is 0 Å².